The topological polar surface area (TPSA) is 88.4 Å². The quantitative estimate of drug-likeness (QED) is 0.437. The van der Waals surface area contributed by atoms with E-state index >= 15 is 0 Å². The molecular formula is C22H22N2O6. The van der Waals surface area contributed by atoms with Gasteiger partial charge in [-0.25, -0.2) is 9.78 Å². The SMILES string of the molecule is COc1cc(OC)c(OC)cc1/C=C/C(=O)OCc1cc(=O)n2cccc(C)c2n1. The van der Waals surface area contributed by atoms with E-state index in [2.05, 4.69) is 4.98 Å². The molecule has 0 fully saturated rings. The van der Waals surface area contributed by atoms with Crippen LogP contribution in [0.1, 0.15) is 16.8 Å². The van der Waals surface area contributed by atoms with Gasteiger partial charge in [0.2, 0.25) is 0 Å². The molecule has 0 amide bonds. The largest absolute Gasteiger partial charge is 0.496 e. The van der Waals surface area contributed by atoms with Crippen LogP contribution >= 0.6 is 0 Å². The van der Waals surface area contributed by atoms with Gasteiger partial charge >= 0.3 is 5.97 Å². The molecule has 156 valence electrons. The summed E-state index contributed by atoms with van der Waals surface area (Å²) in [5, 5.41) is 0. The molecule has 0 aliphatic carbocycles. The third-order valence-electron chi connectivity index (χ3n) is 4.44. The van der Waals surface area contributed by atoms with Crippen molar-refractivity contribution < 1.29 is 23.7 Å². The average molecular weight is 410 g/mol. The first-order valence-electron chi connectivity index (χ1n) is 9.09. The first-order chi connectivity index (χ1) is 14.5. The molecule has 3 aromatic rings. The van der Waals surface area contributed by atoms with Crippen molar-refractivity contribution in [2.24, 2.45) is 0 Å². The Labute approximate surface area is 173 Å². The fraction of sp³-hybridized carbons (Fsp3) is 0.227. The standard InChI is InChI=1S/C22H22N2O6/c1-14-6-5-9-24-20(25)11-16(23-22(14)24)13-30-21(26)8-7-15-10-18(28-3)19(29-4)12-17(15)27-2/h5-12H,13H2,1-4H3/b8-7+. The second-order valence-corrected chi connectivity index (χ2v) is 6.36. The van der Waals surface area contributed by atoms with Crippen molar-refractivity contribution in [3.63, 3.8) is 0 Å². The fourth-order valence-corrected chi connectivity index (χ4v) is 2.92. The fourth-order valence-electron chi connectivity index (χ4n) is 2.92. The van der Waals surface area contributed by atoms with Crippen LogP contribution in [0.15, 0.2) is 47.4 Å². The lowest BCUT2D eigenvalue weighted by Crippen LogP contribution is -2.17. The summed E-state index contributed by atoms with van der Waals surface area (Å²) in [5.41, 5.74) is 2.13. The molecule has 3 rings (SSSR count). The average Bonchev–Trinajstić information content (AvgIpc) is 2.76. The first-order valence-corrected chi connectivity index (χ1v) is 9.09. The monoisotopic (exact) mass is 410 g/mol. The number of aryl methyl sites for hydroxylation is 1. The number of hydrogen-bond donors (Lipinski definition) is 0. The molecule has 0 spiro atoms. The van der Waals surface area contributed by atoms with E-state index in [9.17, 15) is 9.59 Å². The summed E-state index contributed by atoms with van der Waals surface area (Å²) in [6, 6.07) is 8.34. The van der Waals surface area contributed by atoms with Gasteiger partial charge in [0, 0.05) is 30.0 Å². The number of fused-ring (bicyclic) bond motifs is 1. The summed E-state index contributed by atoms with van der Waals surface area (Å²) in [5.74, 6) is 0.940. The predicted octanol–water partition coefficient (Wildman–Crippen LogP) is 2.79. The molecular weight excluding hydrogens is 388 g/mol. The smallest absolute Gasteiger partial charge is 0.331 e. The van der Waals surface area contributed by atoms with E-state index < -0.39 is 5.97 Å². The maximum Gasteiger partial charge on any atom is 0.331 e. The van der Waals surface area contributed by atoms with E-state index in [1.165, 1.54) is 37.9 Å². The zero-order chi connectivity index (χ0) is 21.7. The Balaban J connectivity index is 1.75. The molecule has 0 atom stereocenters. The second kappa shape index (κ2) is 9.13. The van der Waals surface area contributed by atoms with Crippen molar-refractivity contribution in [3.8, 4) is 17.2 Å². The van der Waals surface area contributed by atoms with Crippen LogP contribution in [0.2, 0.25) is 0 Å². The van der Waals surface area contributed by atoms with Crippen LogP contribution < -0.4 is 19.8 Å². The minimum Gasteiger partial charge on any atom is -0.496 e. The van der Waals surface area contributed by atoms with Crippen LogP contribution in [0.25, 0.3) is 11.7 Å². The maximum atomic E-state index is 12.2. The number of methoxy groups -OCH3 is 3. The summed E-state index contributed by atoms with van der Waals surface area (Å²) in [6.07, 6.45) is 4.46. The summed E-state index contributed by atoms with van der Waals surface area (Å²) in [4.78, 5) is 28.8. The zero-order valence-electron chi connectivity index (χ0n) is 17.2. The number of rotatable bonds is 7. The molecule has 0 saturated heterocycles. The summed E-state index contributed by atoms with van der Waals surface area (Å²) in [7, 11) is 4.56. The highest BCUT2D eigenvalue weighted by Gasteiger charge is 2.11. The molecule has 8 heteroatoms. The highest BCUT2D eigenvalue weighted by atomic mass is 16.5. The van der Waals surface area contributed by atoms with E-state index in [0.29, 0.717) is 34.2 Å². The molecule has 0 aliphatic heterocycles. The van der Waals surface area contributed by atoms with Crippen LogP contribution in [0.3, 0.4) is 0 Å². The molecule has 0 bridgehead atoms. The van der Waals surface area contributed by atoms with Crippen LogP contribution in [0, 0.1) is 6.92 Å². The summed E-state index contributed by atoms with van der Waals surface area (Å²) in [6.45, 7) is 1.74. The van der Waals surface area contributed by atoms with Gasteiger partial charge < -0.3 is 18.9 Å². The van der Waals surface area contributed by atoms with Gasteiger partial charge in [0.15, 0.2) is 11.5 Å². The highest BCUT2D eigenvalue weighted by molar-refractivity contribution is 5.87. The molecule has 1 aromatic carbocycles. The number of ether oxygens (including phenoxy) is 4. The van der Waals surface area contributed by atoms with Crippen molar-refractivity contribution in [1.82, 2.24) is 9.38 Å². The van der Waals surface area contributed by atoms with E-state index in [0.717, 1.165) is 5.56 Å². The van der Waals surface area contributed by atoms with E-state index in [4.69, 9.17) is 18.9 Å². The normalized spacial score (nSPS) is 10.9. The van der Waals surface area contributed by atoms with Gasteiger partial charge in [0.05, 0.1) is 27.0 Å². The number of pyridine rings is 1. The van der Waals surface area contributed by atoms with Crippen LogP contribution in [-0.4, -0.2) is 36.7 Å². The zero-order valence-corrected chi connectivity index (χ0v) is 17.2. The molecule has 0 unspecified atom stereocenters. The molecule has 30 heavy (non-hydrogen) atoms. The lowest BCUT2D eigenvalue weighted by atomic mass is 10.1. The molecule has 0 aliphatic rings. The van der Waals surface area contributed by atoms with Crippen molar-refractivity contribution in [3.05, 3.63) is 69.8 Å². The van der Waals surface area contributed by atoms with E-state index in [1.54, 1.807) is 30.5 Å². The Bertz CT molecular complexity index is 1170. The summed E-state index contributed by atoms with van der Waals surface area (Å²) < 4.78 is 22.5. The van der Waals surface area contributed by atoms with Crippen molar-refractivity contribution >= 4 is 17.7 Å². The Kier molecular flexibility index (Phi) is 6.36. The molecule has 2 aromatic heterocycles. The minimum atomic E-state index is -0.585. The highest BCUT2D eigenvalue weighted by Crippen LogP contribution is 2.35. The third kappa shape index (κ3) is 4.43. The van der Waals surface area contributed by atoms with Crippen molar-refractivity contribution in [2.75, 3.05) is 21.3 Å². The number of esters is 1. The predicted molar refractivity (Wildman–Crippen MR) is 111 cm³/mol. The first kappa shape index (κ1) is 20.9. The van der Waals surface area contributed by atoms with Gasteiger partial charge in [0.25, 0.3) is 5.56 Å². The van der Waals surface area contributed by atoms with Crippen LogP contribution in [0.4, 0.5) is 0 Å². The number of hydrogen-bond acceptors (Lipinski definition) is 7. The molecule has 0 radical (unpaired) electrons. The minimum absolute atomic E-state index is 0.119. The summed E-state index contributed by atoms with van der Waals surface area (Å²) >= 11 is 0. The van der Waals surface area contributed by atoms with Gasteiger partial charge in [-0.3, -0.25) is 9.20 Å². The molecule has 8 nitrogen and oxygen atoms in total. The number of carbonyl (C=O) groups is 1. The van der Waals surface area contributed by atoms with Gasteiger partial charge in [-0.15, -0.1) is 0 Å². The Hall–Kier alpha value is -3.81. The van der Waals surface area contributed by atoms with Crippen molar-refractivity contribution in [1.29, 1.82) is 0 Å². The molecule has 2 heterocycles. The van der Waals surface area contributed by atoms with Crippen LogP contribution in [-0.2, 0) is 16.1 Å². The van der Waals surface area contributed by atoms with Crippen LogP contribution in [0.5, 0.6) is 17.2 Å². The second-order valence-electron chi connectivity index (χ2n) is 6.36. The maximum absolute atomic E-state index is 12.2. The number of aromatic nitrogens is 2. The van der Waals surface area contributed by atoms with Crippen molar-refractivity contribution in [2.45, 2.75) is 13.5 Å². The Morgan fingerprint density at radius 2 is 1.77 bits per heavy atom. The number of nitrogens with zero attached hydrogens (tertiary/aromatic N) is 2. The van der Waals surface area contributed by atoms with E-state index in [1.807, 2.05) is 13.0 Å². The van der Waals surface area contributed by atoms with Gasteiger partial charge in [-0.2, -0.15) is 0 Å². The molecule has 0 saturated carbocycles. The van der Waals surface area contributed by atoms with Gasteiger partial charge in [0.1, 0.15) is 18.0 Å². The third-order valence-corrected chi connectivity index (χ3v) is 4.44. The number of benzene rings is 1. The van der Waals surface area contributed by atoms with Gasteiger partial charge in [-0.05, 0) is 30.7 Å². The van der Waals surface area contributed by atoms with E-state index in [-0.39, 0.29) is 12.2 Å². The lowest BCUT2D eigenvalue weighted by molar-refractivity contribution is -0.139. The Morgan fingerprint density at radius 1 is 1.07 bits per heavy atom. The van der Waals surface area contributed by atoms with Gasteiger partial charge in [-0.1, -0.05) is 6.07 Å². The Morgan fingerprint density at radius 3 is 2.47 bits per heavy atom. The number of carbonyl (C=O) groups excluding carboxylic acids is 1. The lowest BCUT2D eigenvalue weighted by Gasteiger charge is -2.12. The molecule has 0 N–H and O–H groups in total.